The molecule has 0 aromatic carbocycles. The molecule has 0 aromatic rings. The van der Waals surface area contributed by atoms with Crippen molar-refractivity contribution in [1.82, 2.24) is 0 Å². The number of allylic oxidation sites excluding steroid dienone is 5. The van der Waals surface area contributed by atoms with E-state index in [0.29, 0.717) is 19.3 Å². The van der Waals surface area contributed by atoms with Crippen LogP contribution in [0.4, 0.5) is 4.79 Å². The molecule has 4 N–H and O–H groups in total. The van der Waals surface area contributed by atoms with Crippen LogP contribution in [0.1, 0.15) is 80.6 Å². The van der Waals surface area contributed by atoms with Crippen molar-refractivity contribution in [3.8, 4) is 0 Å². The minimum atomic E-state index is -1.18. The lowest BCUT2D eigenvalue weighted by Crippen LogP contribution is -2.50. The van der Waals surface area contributed by atoms with Crippen molar-refractivity contribution in [2.24, 2.45) is 29.4 Å². The van der Waals surface area contributed by atoms with E-state index < -0.39 is 41.9 Å². The van der Waals surface area contributed by atoms with E-state index in [2.05, 4.69) is 0 Å². The number of cyclic esters (lactones) is 2. The number of hydrogen-bond acceptors (Lipinski definition) is 8. The number of amides is 1. The number of aliphatic hydroxyl groups is 2. The van der Waals surface area contributed by atoms with Crippen molar-refractivity contribution < 1.29 is 38.8 Å². The summed E-state index contributed by atoms with van der Waals surface area (Å²) in [5.41, 5.74) is 5.85. The molecule has 9 heteroatoms. The van der Waals surface area contributed by atoms with Crippen molar-refractivity contribution in [2.75, 3.05) is 0 Å². The van der Waals surface area contributed by atoms with Gasteiger partial charge in [-0.1, -0.05) is 82.7 Å². The number of primary amides is 1. The van der Waals surface area contributed by atoms with Crippen LogP contribution in [0.25, 0.3) is 0 Å². The normalized spacial score (nSPS) is 38.0. The first-order valence-corrected chi connectivity index (χ1v) is 15.3. The van der Waals surface area contributed by atoms with Gasteiger partial charge in [-0.3, -0.25) is 9.59 Å². The summed E-state index contributed by atoms with van der Waals surface area (Å²) >= 11 is 0. The largest absolute Gasteiger partial charge is 0.462 e. The summed E-state index contributed by atoms with van der Waals surface area (Å²) in [6.07, 6.45) is 12.7. The van der Waals surface area contributed by atoms with E-state index in [9.17, 15) is 24.6 Å². The summed E-state index contributed by atoms with van der Waals surface area (Å²) in [7, 11) is 0. The van der Waals surface area contributed by atoms with Gasteiger partial charge in [-0.25, -0.2) is 4.79 Å². The molecule has 1 amide bonds. The Morgan fingerprint density at radius 1 is 1.14 bits per heavy atom. The molecule has 2 heterocycles. The fourth-order valence-electron chi connectivity index (χ4n) is 5.66. The fraction of sp³-hybridized carbons (Fsp3) is 0.618. The van der Waals surface area contributed by atoms with Crippen molar-refractivity contribution in [3.05, 3.63) is 59.8 Å². The SMILES string of the molecule is CC[C@@H]1OC(=O)C[C@@](O)(C/C=C/C=C(\C)C2OC(=O)CC/C=C(\C)C(C)[C@H](O)C(C)C(OC(N)=O)/C=C\C=C/[C@@H]2C)C1C. The van der Waals surface area contributed by atoms with E-state index in [1.807, 2.05) is 71.9 Å². The molecule has 9 nitrogen and oxygen atoms in total. The average molecular weight is 602 g/mol. The fourth-order valence-corrected chi connectivity index (χ4v) is 5.66. The van der Waals surface area contributed by atoms with Gasteiger partial charge in [-0.05, 0) is 44.8 Å². The van der Waals surface area contributed by atoms with E-state index in [-0.39, 0.29) is 42.7 Å². The third-order valence-electron chi connectivity index (χ3n) is 8.87. The molecule has 0 radical (unpaired) electrons. The molecule has 0 aliphatic carbocycles. The lowest BCUT2D eigenvalue weighted by Gasteiger charge is -2.41. The highest BCUT2D eigenvalue weighted by atomic mass is 16.6. The number of aliphatic hydroxyl groups excluding tert-OH is 1. The van der Waals surface area contributed by atoms with E-state index >= 15 is 0 Å². The number of hydrogen-bond donors (Lipinski definition) is 3. The summed E-state index contributed by atoms with van der Waals surface area (Å²) in [5.74, 6) is -1.79. The zero-order valence-electron chi connectivity index (χ0n) is 26.7. The van der Waals surface area contributed by atoms with E-state index in [4.69, 9.17) is 19.9 Å². The van der Waals surface area contributed by atoms with Gasteiger partial charge in [0.25, 0.3) is 0 Å². The maximum Gasteiger partial charge on any atom is 0.405 e. The molecule has 0 bridgehead atoms. The number of esters is 2. The Morgan fingerprint density at radius 3 is 2.47 bits per heavy atom. The zero-order valence-corrected chi connectivity index (χ0v) is 26.7. The Morgan fingerprint density at radius 2 is 1.81 bits per heavy atom. The van der Waals surface area contributed by atoms with Gasteiger partial charge < -0.3 is 30.2 Å². The summed E-state index contributed by atoms with van der Waals surface area (Å²) in [5, 5.41) is 22.1. The molecule has 0 aromatic heterocycles. The van der Waals surface area contributed by atoms with Gasteiger partial charge in [0, 0.05) is 30.1 Å². The molecule has 2 rings (SSSR count). The Kier molecular flexibility index (Phi) is 13.9. The summed E-state index contributed by atoms with van der Waals surface area (Å²) < 4.78 is 16.6. The lowest BCUT2D eigenvalue weighted by molar-refractivity contribution is -0.182. The lowest BCUT2D eigenvalue weighted by atomic mass is 9.77. The predicted molar refractivity (Wildman–Crippen MR) is 166 cm³/mol. The first kappa shape index (κ1) is 36.0. The van der Waals surface area contributed by atoms with E-state index in [1.54, 1.807) is 25.2 Å². The second-order valence-corrected chi connectivity index (χ2v) is 12.1. The molecule has 43 heavy (non-hydrogen) atoms. The first-order valence-electron chi connectivity index (χ1n) is 15.3. The van der Waals surface area contributed by atoms with Crippen LogP contribution in [-0.4, -0.2) is 58.3 Å². The van der Waals surface area contributed by atoms with E-state index in [1.165, 1.54) is 0 Å². The molecule has 9 atom stereocenters. The summed E-state index contributed by atoms with van der Waals surface area (Å²) in [4.78, 5) is 36.5. The van der Waals surface area contributed by atoms with Gasteiger partial charge in [-0.2, -0.15) is 0 Å². The zero-order chi connectivity index (χ0) is 32.3. The molecular formula is C34H51NO8. The molecule has 5 unspecified atom stereocenters. The topological polar surface area (TPSA) is 145 Å². The Bertz CT molecular complexity index is 1120. The number of nitrogens with two attached hydrogens (primary N) is 1. The molecule has 1 fully saturated rings. The van der Waals surface area contributed by atoms with Gasteiger partial charge >= 0.3 is 18.0 Å². The third kappa shape index (κ3) is 10.5. The third-order valence-corrected chi connectivity index (χ3v) is 8.87. The van der Waals surface area contributed by atoms with Crippen LogP contribution < -0.4 is 5.73 Å². The quantitative estimate of drug-likeness (QED) is 0.157. The molecular weight excluding hydrogens is 550 g/mol. The van der Waals surface area contributed by atoms with Crippen LogP contribution >= 0.6 is 0 Å². The van der Waals surface area contributed by atoms with Crippen molar-refractivity contribution in [2.45, 2.75) is 111 Å². The van der Waals surface area contributed by atoms with Crippen LogP contribution in [0.2, 0.25) is 0 Å². The van der Waals surface area contributed by atoms with Crippen LogP contribution in [0.5, 0.6) is 0 Å². The molecule has 240 valence electrons. The van der Waals surface area contributed by atoms with E-state index in [0.717, 1.165) is 11.1 Å². The number of carbonyl (C=O) groups excluding carboxylic acids is 3. The second-order valence-electron chi connectivity index (χ2n) is 12.1. The smallest absolute Gasteiger partial charge is 0.405 e. The van der Waals surface area contributed by atoms with Crippen LogP contribution in [0.3, 0.4) is 0 Å². The van der Waals surface area contributed by atoms with Crippen molar-refractivity contribution >= 4 is 18.0 Å². The van der Waals surface area contributed by atoms with Gasteiger partial charge in [0.2, 0.25) is 0 Å². The highest BCUT2D eigenvalue weighted by Crippen LogP contribution is 2.36. The Labute approximate surface area is 256 Å². The monoisotopic (exact) mass is 601 g/mol. The van der Waals surface area contributed by atoms with Crippen molar-refractivity contribution in [1.29, 1.82) is 0 Å². The molecule has 0 saturated carbocycles. The van der Waals surface area contributed by atoms with Crippen molar-refractivity contribution in [3.63, 3.8) is 0 Å². The molecule has 2 aliphatic rings. The summed E-state index contributed by atoms with van der Waals surface area (Å²) in [6, 6.07) is 0. The number of ether oxygens (including phenoxy) is 3. The highest BCUT2D eigenvalue weighted by molar-refractivity contribution is 5.72. The minimum absolute atomic E-state index is 0.0525. The molecule has 2 aliphatic heterocycles. The molecule has 1 saturated heterocycles. The summed E-state index contributed by atoms with van der Waals surface area (Å²) in [6.45, 7) is 13.2. The van der Waals surface area contributed by atoms with Crippen LogP contribution in [-0.2, 0) is 23.8 Å². The maximum absolute atomic E-state index is 12.9. The maximum atomic E-state index is 12.9. The Balaban J connectivity index is 2.29. The number of rotatable bonds is 6. The predicted octanol–water partition coefficient (Wildman–Crippen LogP) is 5.47. The van der Waals surface area contributed by atoms with Gasteiger partial charge in [0.15, 0.2) is 0 Å². The van der Waals surface area contributed by atoms with Gasteiger partial charge in [0.05, 0.1) is 18.1 Å². The van der Waals surface area contributed by atoms with Gasteiger partial charge in [-0.15, -0.1) is 0 Å². The average Bonchev–Trinajstić information content (AvgIpc) is 2.95. The van der Waals surface area contributed by atoms with Crippen LogP contribution in [0.15, 0.2) is 59.8 Å². The van der Waals surface area contributed by atoms with Crippen LogP contribution in [0, 0.1) is 23.7 Å². The first-order chi connectivity index (χ1) is 20.2. The highest BCUT2D eigenvalue weighted by Gasteiger charge is 2.45. The number of carbonyl (C=O) groups is 3. The Hall–Kier alpha value is -3.17. The minimum Gasteiger partial charge on any atom is -0.462 e. The molecule has 0 spiro atoms. The second kappa shape index (κ2) is 16.6. The standard InChI is InChI=1S/C34H51NO8/c1-8-27-26(7)34(40,20-30(37)41-27)19-12-11-15-23(4)32-22(3)14-9-10-17-28(42-33(35)39)25(6)31(38)24(5)21(2)16-13-18-29(36)43-32/h9-12,14-17,22,24-28,31-32,38,40H,8,13,18-20H2,1-7H3,(H2,35,39)/b12-11+,14-9-,17-10-,21-16+,23-15+/t22-,24?,25?,26?,27-,28?,31-,32?,34-/m0/s1. The van der Waals surface area contributed by atoms with Gasteiger partial charge in [0.1, 0.15) is 18.3 Å².